The van der Waals surface area contributed by atoms with Gasteiger partial charge in [0.15, 0.2) is 5.78 Å². The van der Waals surface area contributed by atoms with Crippen molar-refractivity contribution in [3.63, 3.8) is 0 Å². The normalized spacial score (nSPS) is 10.4. The van der Waals surface area contributed by atoms with E-state index in [1.165, 1.54) is 16.7 Å². The second-order valence-corrected chi connectivity index (χ2v) is 4.78. The van der Waals surface area contributed by atoms with Gasteiger partial charge in [-0.1, -0.05) is 36.4 Å². The first-order valence-corrected chi connectivity index (χ1v) is 6.19. The molecule has 0 aliphatic carbocycles. The van der Waals surface area contributed by atoms with Crippen LogP contribution in [0, 0.1) is 20.8 Å². The maximum atomic E-state index is 11.6. The molecule has 0 fully saturated rings. The summed E-state index contributed by atoms with van der Waals surface area (Å²) in [4.78, 5) is 11.6. The third-order valence-corrected chi connectivity index (χ3v) is 3.61. The van der Waals surface area contributed by atoms with Crippen molar-refractivity contribution in [3.05, 3.63) is 58.7 Å². The average Bonchev–Trinajstić information content (AvgIpc) is 2.33. The Balaban J connectivity index is 2.69. The molecule has 0 saturated heterocycles. The maximum Gasteiger partial charge on any atom is 0.160 e. The van der Waals surface area contributed by atoms with Crippen molar-refractivity contribution in [1.29, 1.82) is 0 Å². The number of hydrogen-bond donors (Lipinski definition) is 0. The van der Waals surface area contributed by atoms with E-state index >= 15 is 0 Å². The van der Waals surface area contributed by atoms with Gasteiger partial charge in [0.25, 0.3) is 0 Å². The lowest BCUT2D eigenvalue weighted by Crippen LogP contribution is -1.98. The molecule has 0 aliphatic rings. The van der Waals surface area contributed by atoms with Gasteiger partial charge >= 0.3 is 0 Å². The Morgan fingerprint density at radius 3 is 2.00 bits per heavy atom. The number of rotatable bonds is 2. The zero-order valence-corrected chi connectivity index (χ0v) is 11.4. The van der Waals surface area contributed by atoms with Crippen molar-refractivity contribution < 1.29 is 4.79 Å². The smallest absolute Gasteiger partial charge is 0.160 e. The average molecular weight is 238 g/mol. The monoisotopic (exact) mass is 238 g/mol. The Kier molecular flexibility index (Phi) is 3.33. The highest BCUT2D eigenvalue weighted by Gasteiger charge is 2.11. The van der Waals surface area contributed by atoms with Gasteiger partial charge in [0.05, 0.1) is 0 Å². The summed E-state index contributed by atoms with van der Waals surface area (Å²) in [7, 11) is 0. The van der Waals surface area contributed by atoms with Gasteiger partial charge in [-0.05, 0) is 55.5 Å². The van der Waals surface area contributed by atoms with Gasteiger partial charge in [-0.2, -0.15) is 0 Å². The van der Waals surface area contributed by atoms with Gasteiger partial charge in [-0.3, -0.25) is 4.79 Å². The molecule has 18 heavy (non-hydrogen) atoms. The fourth-order valence-electron chi connectivity index (χ4n) is 2.35. The Bertz CT molecular complexity index is 609. The number of ketones is 1. The van der Waals surface area contributed by atoms with Crippen LogP contribution in [0.4, 0.5) is 0 Å². The molecule has 1 nitrogen and oxygen atoms in total. The first-order valence-electron chi connectivity index (χ1n) is 6.19. The summed E-state index contributed by atoms with van der Waals surface area (Å²) in [5.74, 6) is 0.125. The molecule has 2 aromatic rings. The molecule has 0 aliphatic heterocycles. The minimum absolute atomic E-state index is 0.125. The number of Topliss-reactive ketones (excluding diaryl/α,β-unsaturated/α-hetero) is 1. The van der Waals surface area contributed by atoms with E-state index < -0.39 is 0 Å². The summed E-state index contributed by atoms with van der Waals surface area (Å²) in [5, 5.41) is 0. The van der Waals surface area contributed by atoms with Crippen molar-refractivity contribution in [2.45, 2.75) is 27.7 Å². The molecule has 1 heteroatoms. The fourth-order valence-corrected chi connectivity index (χ4v) is 2.35. The van der Waals surface area contributed by atoms with Gasteiger partial charge in [-0.25, -0.2) is 0 Å². The maximum absolute atomic E-state index is 11.6. The topological polar surface area (TPSA) is 17.1 Å². The number of hydrogen-bond acceptors (Lipinski definition) is 1. The molecule has 2 aromatic carbocycles. The van der Waals surface area contributed by atoms with Crippen LogP contribution >= 0.6 is 0 Å². The highest BCUT2D eigenvalue weighted by atomic mass is 16.1. The SMILES string of the molecule is CC(=O)c1cccc(-c2cccc(C)c2C)c1C. The van der Waals surface area contributed by atoms with E-state index in [0.717, 1.165) is 16.7 Å². The Morgan fingerprint density at radius 1 is 0.833 bits per heavy atom. The van der Waals surface area contributed by atoms with Crippen LogP contribution in [-0.4, -0.2) is 5.78 Å². The van der Waals surface area contributed by atoms with Gasteiger partial charge in [0, 0.05) is 5.56 Å². The van der Waals surface area contributed by atoms with Crippen molar-refractivity contribution in [1.82, 2.24) is 0 Å². The molecule has 0 bridgehead atoms. The number of carbonyl (C=O) groups is 1. The second kappa shape index (κ2) is 4.77. The lowest BCUT2D eigenvalue weighted by atomic mass is 9.91. The zero-order valence-electron chi connectivity index (χ0n) is 11.4. The summed E-state index contributed by atoms with van der Waals surface area (Å²) < 4.78 is 0. The van der Waals surface area contributed by atoms with Gasteiger partial charge in [0.1, 0.15) is 0 Å². The second-order valence-electron chi connectivity index (χ2n) is 4.78. The molecule has 0 N–H and O–H groups in total. The van der Waals surface area contributed by atoms with Crippen LogP contribution in [-0.2, 0) is 0 Å². The van der Waals surface area contributed by atoms with Crippen LogP contribution in [0.2, 0.25) is 0 Å². The molecule has 0 aromatic heterocycles. The quantitative estimate of drug-likeness (QED) is 0.705. The van der Waals surface area contributed by atoms with E-state index in [4.69, 9.17) is 0 Å². The largest absolute Gasteiger partial charge is 0.295 e. The van der Waals surface area contributed by atoms with Crippen molar-refractivity contribution >= 4 is 5.78 Å². The van der Waals surface area contributed by atoms with E-state index in [2.05, 4.69) is 38.1 Å². The molecule has 0 amide bonds. The first-order chi connectivity index (χ1) is 8.52. The van der Waals surface area contributed by atoms with Crippen molar-refractivity contribution in [2.75, 3.05) is 0 Å². The van der Waals surface area contributed by atoms with Crippen molar-refractivity contribution in [2.24, 2.45) is 0 Å². The number of aryl methyl sites for hydroxylation is 1. The summed E-state index contributed by atoms with van der Waals surface area (Å²) in [6.45, 7) is 7.89. The van der Waals surface area contributed by atoms with E-state index in [9.17, 15) is 4.79 Å². The summed E-state index contributed by atoms with van der Waals surface area (Å²) in [6, 6.07) is 12.2. The highest BCUT2D eigenvalue weighted by Crippen LogP contribution is 2.29. The minimum atomic E-state index is 0.125. The molecule has 0 saturated carbocycles. The van der Waals surface area contributed by atoms with Crippen LogP contribution < -0.4 is 0 Å². The molecular formula is C17H18O. The molecule has 2 rings (SSSR count). The molecule has 0 spiro atoms. The van der Waals surface area contributed by atoms with E-state index in [1.807, 2.05) is 19.1 Å². The van der Waals surface area contributed by atoms with Crippen LogP contribution in [0.1, 0.15) is 34.0 Å². The Labute approximate surface area is 108 Å². The summed E-state index contributed by atoms with van der Waals surface area (Å²) >= 11 is 0. The molecule has 0 atom stereocenters. The van der Waals surface area contributed by atoms with Crippen LogP contribution in [0.25, 0.3) is 11.1 Å². The minimum Gasteiger partial charge on any atom is -0.295 e. The van der Waals surface area contributed by atoms with Gasteiger partial charge in [0.2, 0.25) is 0 Å². The summed E-state index contributed by atoms with van der Waals surface area (Å²) in [6.07, 6.45) is 0. The van der Waals surface area contributed by atoms with Crippen LogP contribution in [0.5, 0.6) is 0 Å². The lowest BCUT2D eigenvalue weighted by molar-refractivity contribution is 0.101. The van der Waals surface area contributed by atoms with E-state index in [0.29, 0.717) is 0 Å². The first kappa shape index (κ1) is 12.6. The lowest BCUT2D eigenvalue weighted by Gasteiger charge is -2.13. The Hall–Kier alpha value is -1.89. The van der Waals surface area contributed by atoms with Gasteiger partial charge in [-0.15, -0.1) is 0 Å². The molecule has 0 radical (unpaired) electrons. The Morgan fingerprint density at radius 2 is 1.39 bits per heavy atom. The predicted molar refractivity (Wildman–Crippen MR) is 76.1 cm³/mol. The third kappa shape index (κ3) is 2.08. The predicted octanol–water partition coefficient (Wildman–Crippen LogP) is 4.48. The highest BCUT2D eigenvalue weighted by molar-refractivity contribution is 5.97. The number of benzene rings is 2. The fraction of sp³-hybridized carbons (Fsp3) is 0.235. The van der Waals surface area contributed by atoms with Crippen molar-refractivity contribution in [3.8, 4) is 11.1 Å². The van der Waals surface area contributed by atoms with E-state index in [-0.39, 0.29) is 5.78 Å². The standard InChI is InChI=1S/C17H18O/c1-11-7-5-9-16(12(11)2)17-10-6-8-15(13(17)3)14(4)18/h5-10H,1-4H3. The molecule has 0 unspecified atom stereocenters. The van der Waals surface area contributed by atoms with Crippen LogP contribution in [0.15, 0.2) is 36.4 Å². The zero-order chi connectivity index (χ0) is 13.3. The number of carbonyl (C=O) groups excluding carboxylic acids is 1. The molecule has 0 heterocycles. The molecular weight excluding hydrogens is 220 g/mol. The third-order valence-electron chi connectivity index (χ3n) is 3.61. The van der Waals surface area contributed by atoms with Gasteiger partial charge < -0.3 is 0 Å². The molecule has 92 valence electrons. The van der Waals surface area contributed by atoms with Crippen LogP contribution in [0.3, 0.4) is 0 Å². The summed E-state index contributed by atoms with van der Waals surface area (Å²) in [5.41, 5.74) is 6.81. The van der Waals surface area contributed by atoms with E-state index in [1.54, 1.807) is 6.92 Å².